The lowest BCUT2D eigenvalue weighted by molar-refractivity contribution is 0.0690. The highest BCUT2D eigenvalue weighted by molar-refractivity contribution is 5.93. The van der Waals surface area contributed by atoms with Crippen LogP contribution in [0.4, 0.5) is 0 Å². The molecule has 0 unspecified atom stereocenters. The molecule has 0 atom stereocenters. The van der Waals surface area contributed by atoms with Crippen molar-refractivity contribution in [3.05, 3.63) is 23.8 Å². The maximum absolute atomic E-state index is 10.3. The van der Waals surface area contributed by atoms with Crippen molar-refractivity contribution in [2.75, 3.05) is 0 Å². The van der Waals surface area contributed by atoms with Crippen molar-refractivity contribution in [2.24, 2.45) is 0 Å². The van der Waals surface area contributed by atoms with Crippen LogP contribution >= 0.6 is 0 Å². The maximum Gasteiger partial charge on any atom is 0.343 e. The molecular weight excluding hydrogens is 164 g/mol. The van der Waals surface area contributed by atoms with E-state index in [1.54, 1.807) is 0 Å². The number of hydrogen-bond donors (Lipinski definition) is 3. The van der Waals surface area contributed by atoms with Crippen LogP contribution in [0.2, 0.25) is 0 Å². The molecular formula is C7H8O5. The molecule has 0 aliphatic heterocycles. The molecule has 0 amide bonds. The molecule has 0 spiro atoms. The largest absolute Gasteiger partial charge is 0.507 e. The van der Waals surface area contributed by atoms with Crippen LogP contribution < -0.4 is 0 Å². The van der Waals surface area contributed by atoms with E-state index in [1.807, 2.05) is 0 Å². The second-order valence-corrected chi connectivity index (χ2v) is 1.98. The van der Waals surface area contributed by atoms with Gasteiger partial charge in [0, 0.05) is 0 Å². The smallest absolute Gasteiger partial charge is 0.343 e. The van der Waals surface area contributed by atoms with E-state index in [0.29, 0.717) is 0 Å². The van der Waals surface area contributed by atoms with Gasteiger partial charge in [-0.25, -0.2) is 4.79 Å². The van der Waals surface area contributed by atoms with Crippen molar-refractivity contribution >= 4 is 5.97 Å². The van der Waals surface area contributed by atoms with Gasteiger partial charge in [-0.3, -0.25) is 0 Å². The average molecular weight is 172 g/mol. The predicted molar refractivity (Wildman–Crippen MR) is 40.3 cm³/mol. The van der Waals surface area contributed by atoms with Gasteiger partial charge in [0.2, 0.25) is 0 Å². The lowest BCUT2D eigenvalue weighted by Gasteiger charge is -1.99. The SMILES string of the molecule is O.O=C(O)c1c(O)cccc1O. The quantitative estimate of drug-likeness (QED) is 0.552. The summed E-state index contributed by atoms with van der Waals surface area (Å²) >= 11 is 0. The third-order valence-corrected chi connectivity index (χ3v) is 1.23. The van der Waals surface area contributed by atoms with E-state index in [9.17, 15) is 4.79 Å². The Bertz CT molecular complexity index is 274. The van der Waals surface area contributed by atoms with Crippen LogP contribution in [0.5, 0.6) is 11.5 Å². The molecule has 0 saturated carbocycles. The molecule has 0 aromatic heterocycles. The van der Waals surface area contributed by atoms with Crippen LogP contribution in [0.1, 0.15) is 10.4 Å². The van der Waals surface area contributed by atoms with Crippen LogP contribution in [-0.2, 0) is 0 Å². The van der Waals surface area contributed by atoms with E-state index in [0.717, 1.165) is 0 Å². The number of benzene rings is 1. The number of aromatic hydroxyl groups is 2. The zero-order valence-electron chi connectivity index (χ0n) is 5.98. The van der Waals surface area contributed by atoms with Gasteiger partial charge in [-0.15, -0.1) is 0 Å². The summed E-state index contributed by atoms with van der Waals surface area (Å²) in [5, 5.41) is 26.3. The van der Waals surface area contributed by atoms with Crippen molar-refractivity contribution < 1.29 is 25.6 Å². The van der Waals surface area contributed by atoms with E-state index in [-0.39, 0.29) is 5.48 Å². The molecule has 5 nitrogen and oxygen atoms in total. The molecule has 1 rings (SSSR count). The third-order valence-electron chi connectivity index (χ3n) is 1.23. The molecule has 12 heavy (non-hydrogen) atoms. The van der Waals surface area contributed by atoms with Crippen LogP contribution in [0.3, 0.4) is 0 Å². The minimum Gasteiger partial charge on any atom is -0.507 e. The van der Waals surface area contributed by atoms with Crippen LogP contribution in [0.15, 0.2) is 18.2 Å². The Morgan fingerprint density at radius 1 is 1.17 bits per heavy atom. The minimum atomic E-state index is -1.35. The topological polar surface area (TPSA) is 109 Å². The Kier molecular flexibility index (Phi) is 3.06. The van der Waals surface area contributed by atoms with E-state index < -0.39 is 23.0 Å². The third kappa shape index (κ3) is 1.64. The van der Waals surface area contributed by atoms with E-state index in [4.69, 9.17) is 15.3 Å². The van der Waals surface area contributed by atoms with Gasteiger partial charge in [-0.1, -0.05) is 6.07 Å². The summed E-state index contributed by atoms with van der Waals surface area (Å²) in [5.41, 5.74) is -0.465. The highest BCUT2D eigenvalue weighted by atomic mass is 16.4. The fourth-order valence-electron chi connectivity index (χ4n) is 0.747. The van der Waals surface area contributed by atoms with Gasteiger partial charge in [0.15, 0.2) is 0 Å². The molecule has 0 saturated heterocycles. The molecule has 1 aromatic carbocycles. The van der Waals surface area contributed by atoms with Gasteiger partial charge in [0.25, 0.3) is 0 Å². The van der Waals surface area contributed by atoms with Gasteiger partial charge in [0.1, 0.15) is 17.1 Å². The molecule has 0 heterocycles. The molecule has 5 heteroatoms. The Labute approximate surface area is 67.8 Å². The second kappa shape index (κ2) is 3.59. The number of rotatable bonds is 1. The van der Waals surface area contributed by atoms with Crippen molar-refractivity contribution in [3.8, 4) is 11.5 Å². The molecule has 0 bridgehead atoms. The first-order valence-electron chi connectivity index (χ1n) is 2.87. The second-order valence-electron chi connectivity index (χ2n) is 1.98. The van der Waals surface area contributed by atoms with Crippen LogP contribution in [-0.4, -0.2) is 26.8 Å². The van der Waals surface area contributed by atoms with Crippen molar-refractivity contribution in [2.45, 2.75) is 0 Å². The summed E-state index contributed by atoms with van der Waals surface area (Å²) in [6.45, 7) is 0. The molecule has 0 fully saturated rings. The summed E-state index contributed by atoms with van der Waals surface area (Å²) in [7, 11) is 0. The number of aromatic carboxylic acids is 1. The fraction of sp³-hybridized carbons (Fsp3) is 0. The maximum atomic E-state index is 10.3. The molecule has 66 valence electrons. The molecule has 0 aliphatic carbocycles. The predicted octanol–water partition coefficient (Wildman–Crippen LogP) is -0.0287. The normalized spacial score (nSPS) is 8.67. The molecule has 5 N–H and O–H groups in total. The summed E-state index contributed by atoms with van der Waals surface area (Å²) in [5.74, 6) is -2.21. The lowest BCUT2D eigenvalue weighted by Crippen LogP contribution is -1.96. The Hall–Kier alpha value is -1.75. The Balaban J connectivity index is 0.00000121. The standard InChI is InChI=1S/C7H6O4.H2O/c8-4-2-1-3-5(9)6(4)7(10)11;/h1-3,8-9H,(H,10,11);1H2. The van der Waals surface area contributed by atoms with Gasteiger partial charge in [-0.2, -0.15) is 0 Å². The summed E-state index contributed by atoms with van der Waals surface area (Å²) < 4.78 is 0. The molecule has 0 aliphatic rings. The number of carbonyl (C=O) groups is 1. The average Bonchev–Trinajstić information content (AvgIpc) is 1.85. The number of hydrogen-bond acceptors (Lipinski definition) is 3. The van der Waals surface area contributed by atoms with Gasteiger partial charge < -0.3 is 20.8 Å². The van der Waals surface area contributed by atoms with E-state index >= 15 is 0 Å². The van der Waals surface area contributed by atoms with Crippen molar-refractivity contribution in [1.29, 1.82) is 0 Å². The number of carboxylic acid groups (broad SMARTS) is 1. The fourth-order valence-corrected chi connectivity index (χ4v) is 0.747. The Morgan fingerprint density at radius 3 is 1.83 bits per heavy atom. The van der Waals surface area contributed by atoms with Crippen LogP contribution in [0.25, 0.3) is 0 Å². The zero-order chi connectivity index (χ0) is 8.43. The van der Waals surface area contributed by atoms with Gasteiger partial charge in [0.05, 0.1) is 0 Å². The number of carboxylic acids is 1. The minimum absolute atomic E-state index is 0. The van der Waals surface area contributed by atoms with Gasteiger partial charge >= 0.3 is 5.97 Å². The van der Waals surface area contributed by atoms with E-state index in [1.165, 1.54) is 18.2 Å². The highest BCUT2D eigenvalue weighted by Gasteiger charge is 2.13. The van der Waals surface area contributed by atoms with Crippen molar-refractivity contribution in [3.63, 3.8) is 0 Å². The monoisotopic (exact) mass is 172 g/mol. The zero-order valence-corrected chi connectivity index (χ0v) is 5.98. The summed E-state index contributed by atoms with van der Waals surface area (Å²) in [6, 6.07) is 3.75. The summed E-state index contributed by atoms with van der Waals surface area (Å²) in [6.07, 6.45) is 0. The van der Waals surface area contributed by atoms with Gasteiger partial charge in [-0.05, 0) is 12.1 Å². The van der Waals surface area contributed by atoms with Crippen molar-refractivity contribution in [1.82, 2.24) is 0 Å². The highest BCUT2D eigenvalue weighted by Crippen LogP contribution is 2.25. The first-order chi connectivity index (χ1) is 5.13. The lowest BCUT2D eigenvalue weighted by atomic mass is 10.2. The van der Waals surface area contributed by atoms with Crippen LogP contribution in [0, 0.1) is 0 Å². The first kappa shape index (κ1) is 10.2. The molecule has 1 aromatic rings. The first-order valence-corrected chi connectivity index (χ1v) is 2.87. The summed E-state index contributed by atoms with van der Waals surface area (Å²) in [4.78, 5) is 10.3. The number of phenols is 2. The van der Waals surface area contributed by atoms with E-state index in [2.05, 4.69) is 0 Å². The molecule has 0 radical (unpaired) electrons. The Morgan fingerprint density at radius 2 is 1.58 bits per heavy atom.